The van der Waals surface area contributed by atoms with Gasteiger partial charge in [0.2, 0.25) is 0 Å². The van der Waals surface area contributed by atoms with Crippen LogP contribution in [0.3, 0.4) is 0 Å². The first-order valence-electron chi connectivity index (χ1n) is 3.90. The molecule has 0 aliphatic carbocycles. The fourth-order valence-corrected chi connectivity index (χ4v) is 1.33. The lowest BCUT2D eigenvalue weighted by atomic mass is 10.2. The summed E-state index contributed by atoms with van der Waals surface area (Å²) in [6, 6.07) is 0.568. The summed E-state index contributed by atoms with van der Waals surface area (Å²) in [4.78, 5) is 5.19. The number of hydroxylamine groups is 2. The van der Waals surface area contributed by atoms with Crippen molar-refractivity contribution >= 4 is 0 Å². The summed E-state index contributed by atoms with van der Waals surface area (Å²) in [5.41, 5.74) is 0. The maximum Gasteiger partial charge on any atom is 0.0575 e. The fraction of sp³-hybridized carbons (Fsp3) is 1.00. The Hall–Kier alpha value is -0.120. The molecule has 1 saturated heterocycles. The van der Waals surface area contributed by atoms with Gasteiger partial charge in [0, 0.05) is 25.7 Å². The standard InChI is InChI=1S/C7H16N2O/c1-3-7-6-8-4-5-9(7)10-2/h7-8H,3-6H2,1-2H3. The SMILES string of the molecule is CCC1CNCCN1OC. The van der Waals surface area contributed by atoms with Crippen molar-refractivity contribution in [2.75, 3.05) is 26.7 Å². The van der Waals surface area contributed by atoms with Crippen LogP contribution in [0.5, 0.6) is 0 Å². The highest BCUT2D eigenvalue weighted by Gasteiger charge is 2.19. The lowest BCUT2D eigenvalue weighted by Gasteiger charge is -2.33. The predicted molar refractivity (Wildman–Crippen MR) is 40.7 cm³/mol. The summed E-state index contributed by atoms with van der Waals surface area (Å²) in [6.45, 7) is 5.30. The number of nitrogens with one attached hydrogen (secondary N) is 1. The molecular weight excluding hydrogens is 128 g/mol. The Labute approximate surface area is 62.3 Å². The number of rotatable bonds is 2. The van der Waals surface area contributed by atoms with E-state index in [-0.39, 0.29) is 0 Å². The molecule has 0 aromatic carbocycles. The van der Waals surface area contributed by atoms with Crippen LogP contribution in [0.4, 0.5) is 0 Å². The second kappa shape index (κ2) is 3.91. The monoisotopic (exact) mass is 144 g/mol. The highest BCUT2D eigenvalue weighted by atomic mass is 16.7. The molecule has 1 rings (SSSR count). The highest BCUT2D eigenvalue weighted by Crippen LogP contribution is 2.05. The summed E-state index contributed by atoms with van der Waals surface area (Å²) >= 11 is 0. The summed E-state index contributed by atoms with van der Waals surface area (Å²) < 4.78 is 0. The third-order valence-corrected chi connectivity index (χ3v) is 2.00. The van der Waals surface area contributed by atoms with Crippen LogP contribution in [0.15, 0.2) is 0 Å². The number of piperazine rings is 1. The van der Waals surface area contributed by atoms with Gasteiger partial charge in [-0.2, -0.15) is 5.06 Å². The van der Waals surface area contributed by atoms with Crippen LogP contribution in [0, 0.1) is 0 Å². The maximum atomic E-state index is 5.19. The summed E-state index contributed by atoms with van der Waals surface area (Å²) in [5.74, 6) is 0. The first-order chi connectivity index (χ1) is 4.88. The first kappa shape index (κ1) is 7.98. The van der Waals surface area contributed by atoms with Gasteiger partial charge in [-0.1, -0.05) is 6.92 Å². The molecule has 3 heteroatoms. The van der Waals surface area contributed by atoms with E-state index < -0.39 is 0 Å². The Balaban J connectivity index is 2.34. The number of hydrogen-bond acceptors (Lipinski definition) is 3. The molecule has 1 atom stereocenters. The first-order valence-corrected chi connectivity index (χ1v) is 3.90. The Morgan fingerprint density at radius 2 is 2.50 bits per heavy atom. The molecule has 10 heavy (non-hydrogen) atoms. The van der Waals surface area contributed by atoms with E-state index in [9.17, 15) is 0 Å². The van der Waals surface area contributed by atoms with Gasteiger partial charge in [-0.05, 0) is 6.42 Å². The minimum absolute atomic E-state index is 0.568. The number of nitrogens with zero attached hydrogens (tertiary/aromatic N) is 1. The Morgan fingerprint density at radius 1 is 1.70 bits per heavy atom. The van der Waals surface area contributed by atoms with Crippen molar-refractivity contribution in [1.29, 1.82) is 0 Å². The third kappa shape index (κ3) is 1.68. The van der Waals surface area contributed by atoms with Crippen LogP contribution in [0.2, 0.25) is 0 Å². The lowest BCUT2D eigenvalue weighted by Crippen LogP contribution is -2.50. The van der Waals surface area contributed by atoms with E-state index >= 15 is 0 Å². The maximum absolute atomic E-state index is 5.19. The topological polar surface area (TPSA) is 24.5 Å². The average molecular weight is 144 g/mol. The number of hydrogen-bond donors (Lipinski definition) is 1. The van der Waals surface area contributed by atoms with Gasteiger partial charge < -0.3 is 10.2 Å². The van der Waals surface area contributed by atoms with Gasteiger partial charge in [0.05, 0.1) is 7.11 Å². The molecule has 1 fully saturated rings. The van der Waals surface area contributed by atoms with E-state index in [4.69, 9.17) is 4.84 Å². The summed E-state index contributed by atoms with van der Waals surface area (Å²) in [6.07, 6.45) is 1.15. The molecule has 1 N–H and O–H groups in total. The van der Waals surface area contributed by atoms with E-state index in [0.717, 1.165) is 26.1 Å². The van der Waals surface area contributed by atoms with Gasteiger partial charge >= 0.3 is 0 Å². The van der Waals surface area contributed by atoms with E-state index in [0.29, 0.717) is 6.04 Å². The Kier molecular flexibility index (Phi) is 3.12. The second-order valence-electron chi connectivity index (χ2n) is 2.59. The van der Waals surface area contributed by atoms with Gasteiger partial charge in [-0.25, -0.2) is 0 Å². The van der Waals surface area contributed by atoms with Crippen LogP contribution in [0.1, 0.15) is 13.3 Å². The molecule has 1 aliphatic rings. The van der Waals surface area contributed by atoms with Crippen molar-refractivity contribution < 1.29 is 4.84 Å². The van der Waals surface area contributed by atoms with Crippen molar-refractivity contribution in [3.63, 3.8) is 0 Å². The van der Waals surface area contributed by atoms with Crippen LogP contribution in [-0.4, -0.2) is 37.8 Å². The van der Waals surface area contributed by atoms with Gasteiger partial charge in [0.25, 0.3) is 0 Å². The molecule has 60 valence electrons. The quantitative estimate of drug-likeness (QED) is 0.600. The molecule has 0 radical (unpaired) electrons. The summed E-state index contributed by atoms with van der Waals surface area (Å²) in [7, 11) is 1.74. The van der Waals surface area contributed by atoms with Crippen molar-refractivity contribution in [2.45, 2.75) is 19.4 Å². The Bertz CT molecular complexity index is 85.6. The van der Waals surface area contributed by atoms with Crippen LogP contribution in [-0.2, 0) is 4.84 Å². The van der Waals surface area contributed by atoms with Crippen molar-refractivity contribution in [1.82, 2.24) is 10.4 Å². The third-order valence-electron chi connectivity index (χ3n) is 2.00. The largest absolute Gasteiger partial charge is 0.314 e. The minimum Gasteiger partial charge on any atom is -0.314 e. The molecule has 0 spiro atoms. The van der Waals surface area contributed by atoms with Crippen molar-refractivity contribution in [2.24, 2.45) is 0 Å². The Morgan fingerprint density at radius 3 is 3.00 bits per heavy atom. The van der Waals surface area contributed by atoms with Crippen LogP contribution < -0.4 is 5.32 Å². The van der Waals surface area contributed by atoms with Gasteiger partial charge in [0.1, 0.15) is 0 Å². The molecule has 0 bridgehead atoms. The van der Waals surface area contributed by atoms with E-state index in [1.54, 1.807) is 7.11 Å². The van der Waals surface area contributed by atoms with Crippen molar-refractivity contribution in [3.05, 3.63) is 0 Å². The zero-order chi connectivity index (χ0) is 7.40. The molecule has 1 unspecified atom stereocenters. The second-order valence-corrected chi connectivity index (χ2v) is 2.59. The molecule has 0 amide bonds. The normalized spacial score (nSPS) is 28.8. The van der Waals surface area contributed by atoms with E-state index in [1.807, 2.05) is 0 Å². The molecule has 1 heterocycles. The molecule has 0 aromatic heterocycles. The van der Waals surface area contributed by atoms with E-state index in [2.05, 4.69) is 17.3 Å². The van der Waals surface area contributed by atoms with Crippen LogP contribution in [0.25, 0.3) is 0 Å². The minimum atomic E-state index is 0.568. The summed E-state index contributed by atoms with van der Waals surface area (Å²) in [5, 5.41) is 5.38. The zero-order valence-electron chi connectivity index (χ0n) is 6.76. The molecule has 0 aromatic rings. The van der Waals surface area contributed by atoms with E-state index in [1.165, 1.54) is 0 Å². The molecule has 1 aliphatic heterocycles. The van der Waals surface area contributed by atoms with Crippen LogP contribution >= 0.6 is 0 Å². The fourth-order valence-electron chi connectivity index (χ4n) is 1.33. The predicted octanol–water partition coefficient (Wildman–Crippen LogP) is 0.232. The smallest absolute Gasteiger partial charge is 0.0575 e. The van der Waals surface area contributed by atoms with Crippen molar-refractivity contribution in [3.8, 4) is 0 Å². The van der Waals surface area contributed by atoms with Gasteiger partial charge in [0.15, 0.2) is 0 Å². The van der Waals surface area contributed by atoms with Gasteiger partial charge in [-0.3, -0.25) is 0 Å². The molecule has 0 saturated carbocycles. The highest BCUT2D eigenvalue weighted by molar-refractivity contribution is 4.72. The van der Waals surface area contributed by atoms with Gasteiger partial charge in [-0.15, -0.1) is 0 Å². The molecular formula is C7H16N2O. The zero-order valence-corrected chi connectivity index (χ0v) is 6.76. The average Bonchev–Trinajstić information content (AvgIpc) is 2.04. The molecule has 3 nitrogen and oxygen atoms in total. The lowest BCUT2D eigenvalue weighted by molar-refractivity contribution is -0.169.